The number of nitrogens with zero attached hydrogens (tertiary/aromatic N) is 2. The van der Waals surface area contributed by atoms with Crippen LogP contribution >= 0.6 is 22.6 Å². The van der Waals surface area contributed by atoms with E-state index in [2.05, 4.69) is 5.32 Å². The Balaban J connectivity index is 1.33. The summed E-state index contributed by atoms with van der Waals surface area (Å²) in [6, 6.07) is 24.4. The highest BCUT2D eigenvalue weighted by Gasteiger charge is 2.37. The van der Waals surface area contributed by atoms with Crippen LogP contribution in [0, 0.1) is 13.7 Å². The van der Waals surface area contributed by atoms with Crippen LogP contribution in [0.4, 0.5) is 16.2 Å². The number of carbonyl (C=O) groups is 3. The number of ether oxygens (including phenoxy) is 3. The van der Waals surface area contributed by atoms with Crippen LogP contribution in [0.1, 0.15) is 16.7 Å². The molecule has 1 aliphatic heterocycles. The molecule has 5 rings (SSSR count). The number of non-ortho nitro benzene ring substituents is 1. The molecular formula is C32H24IN3O8. The molecule has 1 N–H and O–H groups in total. The van der Waals surface area contributed by atoms with E-state index in [9.17, 15) is 24.5 Å². The Kier molecular flexibility index (Phi) is 9.19. The molecule has 0 saturated carbocycles. The van der Waals surface area contributed by atoms with Gasteiger partial charge in [0, 0.05) is 12.1 Å². The van der Waals surface area contributed by atoms with E-state index in [0.717, 1.165) is 10.5 Å². The first-order chi connectivity index (χ1) is 21.2. The number of nitrogens with one attached hydrogen (secondary N) is 1. The van der Waals surface area contributed by atoms with Crippen LogP contribution in [0.3, 0.4) is 0 Å². The highest BCUT2D eigenvalue weighted by molar-refractivity contribution is 14.1. The van der Waals surface area contributed by atoms with E-state index in [1.165, 1.54) is 25.3 Å². The van der Waals surface area contributed by atoms with Crippen molar-refractivity contribution in [3.8, 4) is 17.2 Å². The number of barbiturate groups is 1. The van der Waals surface area contributed by atoms with Crippen LogP contribution in [0.5, 0.6) is 17.2 Å². The average Bonchev–Trinajstić information content (AvgIpc) is 3.02. The smallest absolute Gasteiger partial charge is 0.335 e. The SMILES string of the molecule is COc1cc(/C=C2\C(=O)NC(=O)N(c3ccc(OCc4ccccc4)cc3)C2=O)cc(I)c1OCc1ccc([N+](=O)[O-])cc1. The molecule has 11 nitrogen and oxygen atoms in total. The van der Waals surface area contributed by atoms with Crippen molar-refractivity contribution in [2.45, 2.75) is 13.2 Å². The van der Waals surface area contributed by atoms with Crippen LogP contribution in [0.15, 0.2) is 96.6 Å². The molecule has 0 bridgehead atoms. The number of benzene rings is 4. The van der Waals surface area contributed by atoms with Gasteiger partial charge in [0.2, 0.25) is 0 Å². The predicted molar refractivity (Wildman–Crippen MR) is 169 cm³/mol. The molecule has 12 heteroatoms. The monoisotopic (exact) mass is 705 g/mol. The maximum absolute atomic E-state index is 13.4. The Morgan fingerprint density at radius 1 is 0.886 bits per heavy atom. The van der Waals surface area contributed by atoms with E-state index in [1.807, 2.05) is 52.9 Å². The number of hydrogen-bond acceptors (Lipinski definition) is 8. The number of halogens is 1. The number of imide groups is 2. The number of rotatable bonds is 10. The van der Waals surface area contributed by atoms with Gasteiger partial charge in [0.15, 0.2) is 11.5 Å². The van der Waals surface area contributed by atoms with E-state index in [0.29, 0.717) is 38.6 Å². The third kappa shape index (κ3) is 6.86. The fraction of sp³-hybridized carbons (Fsp3) is 0.0938. The summed E-state index contributed by atoms with van der Waals surface area (Å²) in [7, 11) is 1.45. The average molecular weight is 705 g/mol. The predicted octanol–water partition coefficient (Wildman–Crippen LogP) is 6.03. The van der Waals surface area contributed by atoms with Crippen molar-refractivity contribution in [2.75, 3.05) is 12.0 Å². The van der Waals surface area contributed by atoms with Gasteiger partial charge in [0.05, 0.1) is 21.3 Å². The second kappa shape index (κ2) is 13.4. The summed E-state index contributed by atoms with van der Waals surface area (Å²) < 4.78 is 17.9. The van der Waals surface area contributed by atoms with Gasteiger partial charge in [-0.1, -0.05) is 30.3 Å². The van der Waals surface area contributed by atoms with Gasteiger partial charge < -0.3 is 14.2 Å². The molecule has 0 spiro atoms. The van der Waals surface area contributed by atoms with Crippen molar-refractivity contribution < 1.29 is 33.5 Å². The maximum atomic E-state index is 13.4. The zero-order valence-corrected chi connectivity index (χ0v) is 25.3. The lowest BCUT2D eigenvalue weighted by Gasteiger charge is -2.26. The minimum Gasteiger partial charge on any atom is -0.493 e. The van der Waals surface area contributed by atoms with Crippen molar-refractivity contribution in [3.05, 3.63) is 127 Å². The van der Waals surface area contributed by atoms with Gasteiger partial charge in [-0.25, -0.2) is 9.69 Å². The van der Waals surface area contributed by atoms with Gasteiger partial charge in [-0.3, -0.25) is 25.0 Å². The van der Waals surface area contributed by atoms with Gasteiger partial charge in [0.1, 0.15) is 24.5 Å². The third-order valence-electron chi connectivity index (χ3n) is 6.54. The van der Waals surface area contributed by atoms with Gasteiger partial charge in [-0.05, 0) is 93.9 Å². The van der Waals surface area contributed by atoms with Crippen molar-refractivity contribution in [2.24, 2.45) is 0 Å². The quantitative estimate of drug-likeness (QED) is 0.0695. The number of nitro benzene ring substituents is 1. The number of hydrogen-bond donors (Lipinski definition) is 1. The maximum Gasteiger partial charge on any atom is 0.335 e. The van der Waals surface area contributed by atoms with Gasteiger partial charge in [-0.2, -0.15) is 0 Å². The Labute approximate surface area is 265 Å². The highest BCUT2D eigenvalue weighted by atomic mass is 127. The second-order valence-corrected chi connectivity index (χ2v) is 10.6. The third-order valence-corrected chi connectivity index (χ3v) is 7.34. The van der Waals surface area contributed by atoms with E-state index < -0.39 is 22.8 Å². The lowest BCUT2D eigenvalue weighted by Crippen LogP contribution is -2.54. The molecule has 4 amide bonds. The van der Waals surface area contributed by atoms with Crippen molar-refractivity contribution in [1.82, 2.24) is 5.32 Å². The minimum absolute atomic E-state index is 0.0234. The molecule has 0 atom stereocenters. The molecule has 222 valence electrons. The van der Waals surface area contributed by atoms with Crippen LogP contribution in [-0.4, -0.2) is 29.9 Å². The van der Waals surface area contributed by atoms with Crippen LogP contribution in [0.2, 0.25) is 0 Å². The molecule has 44 heavy (non-hydrogen) atoms. The van der Waals surface area contributed by atoms with Crippen molar-refractivity contribution in [3.63, 3.8) is 0 Å². The van der Waals surface area contributed by atoms with E-state index in [-0.39, 0.29) is 23.6 Å². The highest BCUT2D eigenvalue weighted by Crippen LogP contribution is 2.36. The first-order valence-electron chi connectivity index (χ1n) is 13.2. The molecule has 0 radical (unpaired) electrons. The van der Waals surface area contributed by atoms with Crippen LogP contribution in [-0.2, 0) is 22.8 Å². The topological polar surface area (TPSA) is 137 Å². The first kappa shape index (κ1) is 30.2. The first-order valence-corrected chi connectivity index (χ1v) is 14.2. The van der Waals surface area contributed by atoms with E-state index in [4.69, 9.17) is 14.2 Å². The summed E-state index contributed by atoms with van der Waals surface area (Å²) in [5.41, 5.74) is 2.16. The molecule has 1 heterocycles. The van der Waals surface area contributed by atoms with Gasteiger partial charge in [0.25, 0.3) is 17.5 Å². The Hall–Kier alpha value is -5.24. The number of carbonyl (C=O) groups excluding carboxylic acids is 3. The molecular weight excluding hydrogens is 681 g/mol. The summed E-state index contributed by atoms with van der Waals surface area (Å²) in [4.78, 5) is 50.2. The molecule has 0 unspecified atom stereocenters. The second-order valence-electron chi connectivity index (χ2n) is 9.47. The van der Waals surface area contributed by atoms with E-state index >= 15 is 0 Å². The summed E-state index contributed by atoms with van der Waals surface area (Å²) in [6.07, 6.45) is 1.37. The van der Waals surface area contributed by atoms with Gasteiger partial charge in [-0.15, -0.1) is 0 Å². The Bertz CT molecular complexity index is 1760. The van der Waals surface area contributed by atoms with E-state index in [1.54, 1.807) is 48.5 Å². The van der Waals surface area contributed by atoms with Crippen LogP contribution in [0.25, 0.3) is 6.08 Å². The summed E-state index contributed by atoms with van der Waals surface area (Å²) in [6.45, 7) is 0.479. The molecule has 0 aromatic heterocycles. The molecule has 1 fully saturated rings. The van der Waals surface area contributed by atoms with Crippen molar-refractivity contribution in [1.29, 1.82) is 0 Å². The number of anilines is 1. The summed E-state index contributed by atoms with van der Waals surface area (Å²) in [5, 5.41) is 13.1. The molecule has 4 aromatic carbocycles. The van der Waals surface area contributed by atoms with Crippen molar-refractivity contribution >= 4 is 57.9 Å². The fourth-order valence-corrected chi connectivity index (χ4v) is 5.10. The Morgan fingerprint density at radius 2 is 1.55 bits per heavy atom. The number of urea groups is 1. The standard InChI is InChI=1S/C32H24IN3O8/c1-42-28-17-22(16-27(33)29(28)44-19-21-7-9-24(10-8-21)36(40)41)15-26-30(37)34-32(39)35(31(26)38)23-11-13-25(14-12-23)43-18-20-5-3-2-4-6-20/h2-17H,18-19H2,1H3,(H,34,37,39)/b26-15+. The fourth-order valence-electron chi connectivity index (χ4n) is 4.32. The number of methoxy groups -OCH3 is 1. The summed E-state index contributed by atoms with van der Waals surface area (Å²) >= 11 is 2.04. The molecule has 1 aliphatic rings. The summed E-state index contributed by atoms with van der Waals surface area (Å²) in [5.74, 6) is -0.310. The largest absolute Gasteiger partial charge is 0.493 e. The number of amides is 4. The molecule has 0 aliphatic carbocycles. The van der Waals surface area contributed by atoms with Gasteiger partial charge >= 0.3 is 6.03 Å². The lowest BCUT2D eigenvalue weighted by atomic mass is 10.1. The normalized spacial score (nSPS) is 13.9. The Morgan fingerprint density at radius 3 is 2.20 bits per heavy atom. The number of nitro groups is 1. The molecule has 1 saturated heterocycles. The minimum atomic E-state index is -0.864. The van der Waals surface area contributed by atoms with Crippen LogP contribution < -0.4 is 24.4 Å². The zero-order chi connectivity index (χ0) is 31.2. The zero-order valence-electron chi connectivity index (χ0n) is 23.2. The molecule has 4 aromatic rings. The lowest BCUT2D eigenvalue weighted by molar-refractivity contribution is -0.384.